The molecule has 19 heavy (non-hydrogen) atoms. The summed E-state index contributed by atoms with van der Waals surface area (Å²) in [6.45, 7) is 2.49. The highest BCUT2D eigenvalue weighted by Crippen LogP contribution is 2.34. The van der Waals surface area contributed by atoms with Gasteiger partial charge in [-0.25, -0.2) is 4.98 Å². The number of rotatable bonds is 3. The van der Waals surface area contributed by atoms with E-state index in [9.17, 15) is 4.79 Å². The summed E-state index contributed by atoms with van der Waals surface area (Å²) >= 11 is 0. The molecule has 1 atom stereocenters. The van der Waals surface area contributed by atoms with Crippen molar-refractivity contribution in [1.82, 2.24) is 19.8 Å². The van der Waals surface area contributed by atoms with Crippen molar-refractivity contribution >= 4 is 18.3 Å². The number of halogens is 1. The smallest absolute Gasteiger partial charge is 0.223 e. The normalized spacial score (nSPS) is 23.0. The van der Waals surface area contributed by atoms with Crippen molar-refractivity contribution in [3.8, 4) is 0 Å². The Labute approximate surface area is 119 Å². The van der Waals surface area contributed by atoms with E-state index in [0.717, 1.165) is 31.9 Å². The van der Waals surface area contributed by atoms with Gasteiger partial charge in [0, 0.05) is 45.5 Å². The lowest BCUT2D eigenvalue weighted by Crippen LogP contribution is -2.49. The van der Waals surface area contributed by atoms with Crippen LogP contribution in [0.3, 0.4) is 0 Å². The summed E-state index contributed by atoms with van der Waals surface area (Å²) in [6.07, 6.45) is 6.91. The zero-order valence-electron chi connectivity index (χ0n) is 11.2. The monoisotopic (exact) mass is 284 g/mol. The van der Waals surface area contributed by atoms with Gasteiger partial charge >= 0.3 is 0 Å². The number of nitrogens with zero attached hydrogens (tertiary/aromatic N) is 3. The number of piperazine rings is 1. The first-order valence-electron chi connectivity index (χ1n) is 6.73. The van der Waals surface area contributed by atoms with Gasteiger partial charge in [0.15, 0.2) is 0 Å². The Bertz CT molecular complexity index is 444. The van der Waals surface area contributed by atoms with Crippen LogP contribution >= 0.6 is 12.4 Å². The van der Waals surface area contributed by atoms with Crippen molar-refractivity contribution in [2.45, 2.75) is 25.3 Å². The molecule has 2 heterocycles. The van der Waals surface area contributed by atoms with Crippen molar-refractivity contribution in [2.75, 3.05) is 19.6 Å². The second kappa shape index (κ2) is 5.92. The van der Waals surface area contributed by atoms with Crippen LogP contribution in [0.15, 0.2) is 12.4 Å². The Hall–Kier alpha value is -1.07. The number of carbonyl (C=O) groups excluding carboxylic acids is 1. The van der Waals surface area contributed by atoms with Gasteiger partial charge < -0.3 is 14.8 Å². The highest BCUT2D eigenvalue weighted by atomic mass is 35.5. The molecule has 2 fully saturated rings. The van der Waals surface area contributed by atoms with Crippen molar-refractivity contribution < 1.29 is 4.79 Å². The molecule has 2 aliphatic rings. The number of aryl methyl sites for hydroxylation is 1. The standard InChI is InChI=1S/C13H20N4O.ClH/c1-16-6-5-15-13(16)11-9-14-4-7-17(11)12(18)8-10-2-3-10;/h5-6,10-11,14H,2-4,7-9H2,1H3;1H. The molecular weight excluding hydrogens is 264 g/mol. The van der Waals surface area contributed by atoms with Crippen LogP contribution in [0, 0.1) is 5.92 Å². The van der Waals surface area contributed by atoms with E-state index in [2.05, 4.69) is 10.3 Å². The zero-order valence-corrected chi connectivity index (χ0v) is 12.0. The summed E-state index contributed by atoms with van der Waals surface area (Å²) < 4.78 is 2.01. The third-order valence-corrected chi connectivity index (χ3v) is 3.88. The van der Waals surface area contributed by atoms with E-state index in [0.29, 0.717) is 11.8 Å². The highest BCUT2D eigenvalue weighted by molar-refractivity contribution is 5.85. The second-order valence-corrected chi connectivity index (χ2v) is 5.35. The van der Waals surface area contributed by atoms with Crippen LogP contribution in [-0.4, -0.2) is 40.0 Å². The van der Waals surface area contributed by atoms with Crippen LogP contribution in [-0.2, 0) is 11.8 Å². The fraction of sp³-hybridized carbons (Fsp3) is 0.692. The summed E-state index contributed by atoms with van der Waals surface area (Å²) in [4.78, 5) is 18.7. The van der Waals surface area contributed by atoms with Gasteiger partial charge in [-0.15, -0.1) is 12.4 Å². The number of hydrogen-bond acceptors (Lipinski definition) is 3. The number of imidazole rings is 1. The predicted octanol–water partition coefficient (Wildman–Crippen LogP) is 1.11. The summed E-state index contributed by atoms with van der Waals surface area (Å²) in [5.41, 5.74) is 0. The Kier molecular flexibility index (Phi) is 4.47. The molecular formula is C13H21ClN4O. The lowest BCUT2D eigenvalue weighted by molar-refractivity contribution is -0.135. The highest BCUT2D eigenvalue weighted by Gasteiger charge is 2.33. The van der Waals surface area contributed by atoms with E-state index >= 15 is 0 Å². The number of hydrogen-bond donors (Lipinski definition) is 1. The molecule has 6 heteroatoms. The van der Waals surface area contributed by atoms with Crippen LogP contribution in [0.2, 0.25) is 0 Å². The zero-order chi connectivity index (χ0) is 12.5. The summed E-state index contributed by atoms with van der Waals surface area (Å²) in [5.74, 6) is 1.92. The minimum absolute atomic E-state index is 0. The molecule has 1 aliphatic heterocycles. The van der Waals surface area contributed by atoms with E-state index in [1.807, 2.05) is 22.7 Å². The number of nitrogens with one attached hydrogen (secondary N) is 1. The Balaban J connectivity index is 0.00000133. The molecule has 1 amide bonds. The summed E-state index contributed by atoms with van der Waals surface area (Å²) in [5, 5.41) is 3.36. The fourth-order valence-corrected chi connectivity index (χ4v) is 2.62. The van der Waals surface area contributed by atoms with Gasteiger partial charge in [0.1, 0.15) is 11.9 Å². The lowest BCUT2D eigenvalue weighted by Gasteiger charge is -2.35. The van der Waals surface area contributed by atoms with Gasteiger partial charge in [-0.1, -0.05) is 0 Å². The second-order valence-electron chi connectivity index (χ2n) is 5.35. The maximum absolute atomic E-state index is 12.3. The average molecular weight is 285 g/mol. The van der Waals surface area contributed by atoms with Gasteiger partial charge in [-0.2, -0.15) is 0 Å². The third kappa shape index (κ3) is 3.09. The van der Waals surface area contributed by atoms with Crippen molar-refractivity contribution in [3.05, 3.63) is 18.2 Å². The van der Waals surface area contributed by atoms with E-state index in [1.165, 1.54) is 12.8 Å². The van der Waals surface area contributed by atoms with Crippen LogP contribution in [0.25, 0.3) is 0 Å². The van der Waals surface area contributed by atoms with E-state index in [4.69, 9.17) is 0 Å². The Morgan fingerprint density at radius 2 is 2.32 bits per heavy atom. The topological polar surface area (TPSA) is 50.2 Å². The molecule has 5 nitrogen and oxygen atoms in total. The maximum atomic E-state index is 12.3. The van der Waals surface area contributed by atoms with Crippen LogP contribution < -0.4 is 5.32 Å². The molecule has 1 aromatic rings. The third-order valence-electron chi connectivity index (χ3n) is 3.88. The molecule has 106 valence electrons. The van der Waals surface area contributed by atoms with Crippen LogP contribution in [0.4, 0.5) is 0 Å². The molecule has 1 unspecified atom stereocenters. The maximum Gasteiger partial charge on any atom is 0.223 e. The van der Waals surface area contributed by atoms with Crippen molar-refractivity contribution in [1.29, 1.82) is 0 Å². The Morgan fingerprint density at radius 3 is 2.95 bits per heavy atom. The number of amides is 1. The van der Waals surface area contributed by atoms with E-state index in [1.54, 1.807) is 6.20 Å². The largest absolute Gasteiger partial charge is 0.336 e. The molecule has 1 N–H and O–H groups in total. The van der Waals surface area contributed by atoms with Crippen molar-refractivity contribution in [3.63, 3.8) is 0 Å². The van der Waals surface area contributed by atoms with Gasteiger partial charge in [0.05, 0.1) is 0 Å². The number of aromatic nitrogens is 2. The molecule has 1 aliphatic carbocycles. The molecule has 3 rings (SSSR count). The first-order valence-corrected chi connectivity index (χ1v) is 6.73. The van der Waals surface area contributed by atoms with Gasteiger partial charge in [0.2, 0.25) is 5.91 Å². The van der Waals surface area contributed by atoms with Crippen LogP contribution in [0.1, 0.15) is 31.1 Å². The molecule has 1 saturated carbocycles. The molecule has 0 spiro atoms. The fourth-order valence-electron chi connectivity index (χ4n) is 2.62. The molecule has 0 aromatic carbocycles. The minimum Gasteiger partial charge on any atom is -0.336 e. The van der Waals surface area contributed by atoms with Gasteiger partial charge in [-0.3, -0.25) is 4.79 Å². The Morgan fingerprint density at radius 1 is 1.53 bits per heavy atom. The molecule has 1 aromatic heterocycles. The SMILES string of the molecule is Cl.Cn1ccnc1C1CNCCN1C(=O)CC1CC1. The van der Waals surface area contributed by atoms with Crippen molar-refractivity contribution in [2.24, 2.45) is 13.0 Å². The average Bonchev–Trinajstić information content (AvgIpc) is 3.09. The lowest BCUT2D eigenvalue weighted by atomic mass is 10.1. The van der Waals surface area contributed by atoms with E-state index < -0.39 is 0 Å². The first kappa shape index (κ1) is 14.3. The van der Waals surface area contributed by atoms with Gasteiger partial charge in [0.25, 0.3) is 0 Å². The number of carbonyl (C=O) groups is 1. The first-order chi connectivity index (χ1) is 8.75. The van der Waals surface area contributed by atoms with Gasteiger partial charge in [-0.05, 0) is 18.8 Å². The summed E-state index contributed by atoms with van der Waals surface area (Å²) in [6, 6.07) is 0.0880. The molecule has 1 saturated heterocycles. The summed E-state index contributed by atoms with van der Waals surface area (Å²) in [7, 11) is 1.99. The predicted molar refractivity (Wildman–Crippen MR) is 75.1 cm³/mol. The van der Waals surface area contributed by atoms with Crippen LogP contribution in [0.5, 0.6) is 0 Å². The quantitative estimate of drug-likeness (QED) is 0.905. The molecule has 0 bridgehead atoms. The minimum atomic E-state index is 0. The molecule has 0 radical (unpaired) electrons. The van der Waals surface area contributed by atoms with E-state index in [-0.39, 0.29) is 18.4 Å².